The van der Waals surface area contributed by atoms with Crippen LogP contribution in [0.2, 0.25) is 0 Å². The first kappa shape index (κ1) is 56.0. The molecule has 0 fully saturated rings. The summed E-state index contributed by atoms with van der Waals surface area (Å²) in [6.07, 6.45) is -4.75. The first-order valence-corrected chi connectivity index (χ1v) is 30.6. The summed E-state index contributed by atoms with van der Waals surface area (Å²) in [7, 11) is 0. The lowest BCUT2D eigenvalue weighted by molar-refractivity contribution is -0.137. The molecule has 0 aliphatic carbocycles. The molecule has 0 radical (unpaired) electrons. The largest absolute Gasteiger partial charge is 0.417 e. The number of nitrogens with zero attached hydrogens (tertiary/aromatic N) is 7. The van der Waals surface area contributed by atoms with E-state index in [1.165, 1.54) is 6.07 Å². The second-order valence-electron chi connectivity index (χ2n) is 23.1. The summed E-state index contributed by atoms with van der Waals surface area (Å²) >= 11 is 0. The van der Waals surface area contributed by atoms with E-state index in [0.29, 0.717) is 28.0 Å². The summed E-state index contributed by atoms with van der Waals surface area (Å²) in [6, 6.07) is 96.9. The van der Waals surface area contributed by atoms with Crippen LogP contribution in [-0.4, -0.2) is 29.1 Å². The molecule has 0 spiro atoms. The maximum atomic E-state index is 15.8. The monoisotopic (exact) mass is 1200 g/mol. The van der Waals surface area contributed by atoms with Crippen molar-refractivity contribution in [3.05, 3.63) is 320 Å². The summed E-state index contributed by atoms with van der Waals surface area (Å²) in [6.45, 7) is 11.2. The number of aromatic nitrogens is 6. The van der Waals surface area contributed by atoms with Crippen LogP contribution in [0.1, 0.15) is 11.1 Å². The Bertz CT molecular complexity index is 5350. The van der Waals surface area contributed by atoms with Crippen LogP contribution in [0.5, 0.6) is 0 Å². The van der Waals surface area contributed by atoms with Gasteiger partial charge in [0.25, 0.3) is 0 Å². The average molecular weight is 1200 g/mol. The van der Waals surface area contributed by atoms with Crippen molar-refractivity contribution >= 4 is 49.3 Å². The highest BCUT2D eigenvalue weighted by Crippen LogP contribution is 2.50. The molecule has 0 saturated heterocycles. The number of aryl methyl sites for hydroxylation is 1. The number of fused-ring (bicyclic) bond motifs is 6. The molecule has 0 aliphatic rings. The zero-order chi connectivity index (χ0) is 62.7. The fraction of sp³-hybridized carbons (Fsp3) is 0.0241. The number of pyridine rings is 4. The molecular weight excluding hydrogens is 1150 g/mol. The molecule has 0 bridgehead atoms. The summed E-state index contributed by atoms with van der Waals surface area (Å²) in [5, 5.41) is 3.36. The van der Waals surface area contributed by atoms with Crippen LogP contribution in [0.3, 0.4) is 0 Å². The number of rotatable bonds is 11. The molecule has 0 N–H and O–H groups in total. The summed E-state index contributed by atoms with van der Waals surface area (Å²) < 4.78 is 51.6. The Morgan fingerprint density at radius 3 is 0.957 bits per heavy atom. The Kier molecular flexibility index (Phi) is 13.8. The minimum atomic E-state index is -4.75. The van der Waals surface area contributed by atoms with Gasteiger partial charge in [-0.3, -0.25) is 0 Å². The second kappa shape index (κ2) is 22.9. The first-order chi connectivity index (χ1) is 45.6. The quantitative estimate of drug-likeness (QED) is 0.121. The summed E-state index contributed by atoms with van der Waals surface area (Å²) in [5.74, 6) is 0. The fourth-order valence-electron chi connectivity index (χ4n) is 13.2. The first-order valence-electron chi connectivity index (χ1n) is 30.6. The second-order valence-corrected chi connectivity index (χ2v) is 23.1. The van der Waals surface area contributed by atoms with E-state index in [2.05, 4.69) is 45.8 Å². The lowest BCUT2D eigenvalue weighted by Crippen LogP contribution is -2.10. The standard InChI is InChI=1S/C83H52F3N7/c1-52-20-15-29-66(83(84,85)86)80(52)61-42-47-79(92-75-43-38-57(71-34-16-30-67(88-71)53-21-7-3-8-22-53)48-62(75)63-49-58(39-44-76(63)92)72-35-17-31-68(89-72)54-23-9-4-10-24-54)81(87-2)82(61)93-77-45-40-59(73-36-18-32-69(90-73)55-25-11-5-12-26-55)50-64(77)65-51-60(41-46-78(65)93)74-37-19-33-70(91-74)56-27-13-6-14-28-56/h3-51H,1H3. The van der Waals surface area contributed by atoms with E-state index in [0.717, 1.165) is 129 Å². The van der Waals surface area contributed by atoms with Crippen molar-refractivity contribution < 1.29 is 13.2 Å². The van der Waals surface area contributed by atoms with Crippen LogP contribution in [-0.2, 0) is 6.18 Å². The van der Waals surface area contributed by atoms with E-state index in [4.69, 9.17) is 19.9 Å². The molecule has 0 aliphatic heterocycles. The van der Waals surface area contributed by atoms with Crippen molar-refractivity contribution in [1.29, 1.82) is 0 Å². The molecule has 6 heterocycles. The molecule has 0 atom stereocenters. The van der Waals surface area contributed by atoms with Gasteiger partial charge in [0.2, 0.25) is 5.69 Å². The number of hydrogen-bond acceptors (Lipinski definition) is 4. The molecule has 0 saturated carbocycles. The van der Waals surface area contributed by atoms with Crippen molar-refractivity contribution in [2.75, 3.05) is 0 Å². The molecule has 10 heteroatoms. The summed E-state index contributed by atoms with van der Waals surface area (Å²) in [5.41, 5.74) is 17.3. The van der Waals surface area contributed by atoms with Crippen LogP contribution in [0.4, 0.5) is 18.9 Å². The van der Waals surface area contributed by atoms with E-state index >= 15 is 13.2 Å². The lowest BCUT2D eigenvalue weighted by Gasteiger charge is -2.23. The molecule has 440 valence electrons. The molecule has 6 aromatic heterocycles. The van der Waals surface area contributed by atoms with Gasteiger partial charge in [-0.15, -0.1) is 0 Å². The SMILES string of the molecule is [C-]#[N+]c1c(-n2c3ccc(-c4cccc(-c5ccccc5)n4)cc3c3cc(-c4cccc(-c5ccccc5)n4)ccc32)ccc(-c2c(C)cccc2C(F)(F)F)c1-n1c2ccc(-c3cccc(-c4ccccc4)n3)cc2c2cc(-c3cccc(-c4ccccc4)n3)ccc21. The highest BCUT2D eigenvalue weighted by molar-refractivity contribution is 6.15. The number of alkyl halides is 3. The number of halogens is 3. The Morgan fingerprint density at radius 2 is 0.634 bits per heavy atom. The van der Waals surface area contributed by atoms with Crippen LogP contribution >= 0.6 is 0 Å². The third-order valence-electron chi connectivity index (χ3n) is 17.5. The lowest BCUT2D eigenvalue weighted by atomic mass is 9.92. The topological polar surface area (TPSA) is 65.8 Å². The maximum absolute atomic E-state index is 15.8. The fourth-order valence-corrected chi connectivity index (χ4v) is 13.2. The van der Waals surface area contributed by atoms with E-state index in [1.54, 1.807) is 19.1 Å². The Morgan fingerprint density at radius 1 is 0.323 bits per heavy atom. The van der Waals surface area contributed by atoms with Gasteiger partial charge < -0.3 is 9.13 Å². The Hall–Kier alpha value is -12.3. The minimum absolute atomic E-state index is 0.0180. The smallest absolute Gasteiger partial charge is 0.319 e. The molecule has 0 amide bonds. The van der Waals surface area contributed by atoms with E-state index in [9.17, 15) is 6.57 Å². The molecule has 16 rings (SSSR count). The average Bonchev–Trinajstić information content (AvgIpc) is 1.60. The van der Waals surface area contributed by atoms with Gasteiger partial charge >= 0.3 is 6.18 Å². The van der Waals surface area contributed by atoms with Crippen LogP contribution in [0.25, 0.3) is 161 Å². The van der Waals surface area contributed by atoms with Gasteiger partial charge in [-0.05, 0) is 133 Å². The maximum Gasteiger partial charge on any atom is 0.417 e. The molecule has 0 unspecified atom stereocenters. The van der Waals surface area contributed by atoms with Crippen molar-refractivity contribution in [3.63, 3.8) is 0 Å². The molecule has 7 nitrogen and oxygen atoms in total. The van der Waals surface area contributed by atoms with Gasteiger partial charge in [-0.1, -0.05) is 188 Å². The highest BCUT2D eigenvalue weighted by Gasteiger charge is 2.36. The van der Waals surface area contributed by atoms with Crippen LogP contribution < -0.4 is 0 Å². The Labute approximate surface area is 534 Å². The predicted octanol–water partition coefficient (Wildman–Crippen LogP) is 22.3. The van der Waals surface area contributed by atoms with Crippen molar-refractivity contribution in [2.24, 2.45) is 0 Å². The molecule has 93 heavy (non-hydrogen) atoms. The van der Waals surface area contributed by atoms with E-state index < -0.39 is 11.7 Å². The predicted molar refractivity (Wildman–Crippen MR) is 371 cm³/mol. The minimum Gasteiger partial charge on any atom is -0.319 e. The zero-order valence-corrected chi connectivity index (χ0v) is 50.1. The van der Waals surface area contributed by atoms with Crippen molar-refractivity contribution in [1.82, 2.24) is 29.1 Å². The van der Waals surface area contributed by atoms with E-state index in [1.807, 2.05) is 241 Å². The van der Waals surface area contributed by atoms with Gasteiger partial charge in [0.1, 0.15) is 0 Å². The van der Waals surface area contributed by atoms with Crippen molar-refractivity contribution in [3.8, 4) is 113 Å². The van der Waals surface area contributed by atoms with Gasteiger partial charge in [0.15, 0.2) is 0 Å². The zero-order valence-electron chi connectivity index (χ0n) is 50.1. The van der Waals surface area contributed by atoms with Crippen molar-refractivity contribution in [2.45, 2.75) is 13.1 Å². The van der Waals surface area contributed by atoms with Gasteiger partial charge in [0, 0.05) is 66.1 Å². The van der Waals surface area contributed by atoms with Gasteiger partial charge in [-0.25, -0.2) is 24.8 Å². The normalized spacial score (nSPS) is 11.6. The molecule has 10 aromatic carbocycles. The van der Waals surface area contributed by atoms with Gasteiger partial charge in [0.05, 0.1) is 91.1 Å². The highest BCUT2D eigenvalue weighted by atomic mass is 19.4. The Balaban J connectivity index is 0.973. The molecular formula is C83H52F3N7. The number of hydrogen-bond donors (Lipinski definition) is 0. The number of benzene rings is 10. The van der Waals surface area contributed by atoms with Crippen LogP contribution in [0.15, 0.2) is 297 Å². The third-order valence-corrected chi connectivity index (χ3v) is 17.5. The van der Waals surface area contributed by atoms with Crippen LogP contribution in [0, 0.1) is 13.5 Å². The van der Waals surface area contributed by atoms with E-state index in [-0.39, 0.29) is 16.8 Å². The van der Waals surface area contributed by atoms with Gasteiger partial charge in [-0.2, -0.15) is 13.2 Å². The summed E-state index contributed by atoms with van der Waals surface area (Å²) in [4.78, 5) is 25.3. The molecule has 16 aromatic rings. The third kappa shape index (κ3) is 10.1.